The number of hydrogen-bond donors (Lipinski definition) is 0. The van der Waals surface area contributed by atoms with E-state index in [4.69, 9.17) is 21.3 Å². The smallest absolute Gasteiger partial charge is 0.238 e. The molecule has 0 bridgehead atoms. The van der Waals surface area contributed by atoms with Gasteiger partial charge in [-0.15, -0.1) is 0 Å². The molecule has 6 nitrogen and oxygen atoms in total. The van der Waals surface area contributed by atoms with Crippen molar-refractivity contribution in [2.75, 3.05) is 23.5 Å². The third kappa shape index (κ3) is 4.05. The highest BCUT2D eigenvalue weighted by atomic mass is 35.5. The van der Waals surface area contributed by atoms with Crippen LogP contribution in [0.15, 0.2) is 72.8 Å². The molecule has 3 aromatic carbocycles. The monoisotopic (exact) mass is 477 g/mol. The lowest BCUT2D eigenvalue weighted by Gasteiger charge is -2.24. The zero-order valence-corrected chi connectivity index (χ0v) is 19.3. The number of ether oxygens (including phenoxy) is 1. The van der Waals surface area contributed by atoms with E-state index in [1.807, 2.05) is 54.6 Å². The molecule has 8 heteroatoms. The van der Waals surface area contributed by atoms with Gasteiger partial charge in [-0.1, -0.05) is 53.3 Å². The van der Waals surface area contributed by atoms with E-state index in [1.54, 1.807) is 35.1 Å². The van der Waals surface area contributed by atoms with Crippen LogP contribution in [0.5, 0.6) is 5.75 Å². The van der Waals surface area contributed by atoms with Crippen LogP contribution in [0.1, 0.15) is 6.42 Å². The maximum atomic E-state index is 13.9. The SMILES string of the molecule is COc1cccc(N(C(=O)[C@@H]2CC(=O)N(c3ccccc3Cl)C2)c2nc3ccccc3s2)c1. The van der Waals surface area contributed by atoms with Crippen LogP contribution in [0.4, 0.5) is 16.5 Å². The van der Waals surface area contributed by atoms with Gasteiger partial charge in [0.2, 0.25) is 11.8 Å². The molecule has 0 spiro atoms. The number of thiazole rings is 1. The van der Waals surface area contributed by atoms with Gasteiger partial charge in [0.25, 0.3) is 0 Å². The number of para-hydroxylation sites is 2. The normalized spacial score (nSPS) is 15.8. The number of amides is 2. The maximum absolute atomic E-state index is 13.9. The first-order valence-electron chi connectivity index (χ1n) is 10.4. The third-order valence-electron chi connectivity index (χ3n) is 5.62. The van der Waals surface area contributed by atoms with Gasteiger partial charge in [-0.05, 0) is 36.4 Å². The molecule has 0 radical (unpaired) electrons. The summed E-state index contributed by atoms with van der Waals surface area (Å²) in [6.07, 6.45) is 0.107. The van der Waals surface area contributed by atoms with Crippen LogP contribution in [0.25, 0.3) is 10.2 Å². The lowest BCUT2D eigenvalue weighted by Crippen LogP contribution is -2.34. The molecule has 1 saturated heterocycles. The van der Waals surface area contributed by atoms with Crippen molar-refractivity contribution in [2.45, 2.75) is 6.42 Å². The van der Waals surface area contributed by atoms with Crippen molar-refractivity contribution < 1.29 is 14.3 Å². The standard InChI is InChI=1S/C25H20ClN3O3S/c1-32-18-8-6-7-17(14-18)29(25-27-20-10-3-5-12-22(20)33-25)24(31)16-13-23(30)28(15-16)21-11-4-2-9-19(21)26/h2-12,14,16H,13,15H2,1H3/t16-/m1/s1. The fourth-order valence-electron chi connectivity index (χ4n) is 4.00. The van der Waals surface area contributed by atoms with Crippen LogP contribution >= 0.6 is 22.9 Å². The van der Waals surface area contributed by atoms with Gasteiger partial charge in [0.1, 0.15) is 5.75 Å². The molecule has 166 valence electrons. The Kier molecular flexibility index (Phi) is 5.74. The molecule has 0 unspecified atom stereocenters. The lowest BCUT2D eigenvalue weighted by atomic mass is 10.1. The minimum absolute atomic E-state index is 0.107. The topological polar surface area (TPSA) is 62.7 Å². The van der Waals surface area contributed by atoms with E-state index in [0.717, 1.165) is 10.2 Å². The van der Waals surface area contributed by atoms with Crippen molar-refractivity contribution in [3.8, 4) is 5.75 Å². The van der Waals surface area contributed by atoms with Crippen molar-refractivity contribution in [3.05, 3.63) is 77.8 Å². The van der Waals surface area contributed by atoms with Crippen molar-refractivity contribution in [3.63, 3.8) is 0 Å². The number of methoxy groups -OCH3 is 1. The van der Waals surface area contributed by atoms with Gasteiger partial charge >= 0.3 is 0 Å². The second-order valence-electron chi connectivity index (χ2n) is 7.70. The first kappa shape index (κ1) is 21.4. The van der Waals surface area contributed by atoms with E-state index >= 15 is 0 Å². The quantitative estimate of drug-likeness (QED) is 0.371. The summed E-state index contributed by atoms with van der Waals surface area (Å²) in [5, 5.41) is 1.04. The van der Waals surface area contributed by atoms with Crippen molar-refractivity contribution in [2.24, 2.45) is 5.92 Å². The fraction of sp³-hybridized carbons (Fsp3) is 0.160. The average molecular weight is 478 g/mol. The van der Waals surface area contributed by atoms with Crippen LogP contribution in [-0.4, -0.2) is 30.5 Å². The molecule has 1 aromatic heterocycles. The van der Waals surface area contributed by atoms with E-state index in [9.17, 15) is 9.59 Å². The van der Waals surface area contributed by atoms with Gasteiger partial charge in [0.05, 0.1) is 39.6 Å². The molecule has 1 fully saturated rings. The molecular weight excluding hydrogens is 458 g/mol. The number of aromatic nitrogens is 1. The van der Waals surface area contributed by atoms with E-state index < -0.39 is 5.92 Å². The lowest BCUT2D eigenvalue weighted by molar-refractivity contribution is -0.123. The van der Waals surface area contributed by atoms with Crippen molar-refractivity contribution in [1.29, 1.82) is 0 Å². The Hall–Kier alpha value is -3.42. The van der Waals surface area contributed by atoms with Gasteiger partial charge < -0.3 is 9.64 Å². The first-order chi connectivity index (χ1) is 16.0. The Morgan fingerprint density at radius 2 is 1.91 bits per heavy atom. The third-order valence-corrected chi connectivity index (χ3v) is 6.96. The number of halogens is 1. The highest BCUT2D eigenvalue weighted by molar-refractivity contribution is 7.22. The molecule has 4 aromatic rings. The van der Waals surface area contributed by atoms with Gasteiger partial charge in [-0.3, -0.25) is 14.5 Å². The number of carbonyl (C=O) groups excluding carboxylic acids is 2. The zero-order chi connectivity index (χ0) is 22.9. The zero-order valence-electron chi connectivity index (χ0n) is 17.8. The Bertz CT molecular complexity index is 1320. The summed E-state index contributed by atoms with van der Waals surface area (Å²) >= 11 is 7.75. The molecule has 0 saturated carbocycles. The van der Waals surface area contributed by atoms with Crippen LogP contribution < -0.4 is 14.5 Å². The van der Waals surface area contributed by atoms with Crippen molar-refractivity contribution >= 4 is 61.5 Å². The summed E-state index contributed by atoms with van der Waals surface area (Å²) in [5.41, 5.74) is 2.08. The summed E-state index contributed by atoms with van der Waals surface area (Å²) in [6.45, 7) is 0.257. The highest BCUT2D eigenvalue weighted by Gasteiger charge is 2.39. The molecular formula is C25H20ClN3O3S. The number of rotatable bonds is 5. The Labute approximate surface area is 200 Å². The summed E-state index contributed by atoms with van der Waals surface area (Å²) < 4.78 is 6.36. The predicted molar refractivity (Wildman–Crippen MR) is 132 cm³/mol. The number of carbonyl (C=O) groups is 2. The summed E-state index contributed by atoms with van der Waals surface area (Å²) in [5.74, 6) is -0.222. The molecule has 5 rings (SSSR count). The largest absolute Gasteiger partial charge is 0.497 e. The van der Waals surface area contributed by atoms with Crippen LogP contribution in [0.2, 0.25) is 5.02 Å². The average Bonchev–Trinajstić information content (AvgIpc) is 3.43. The Balaban J connectivity index is 1.53. The summed E-state index contributed by atoms with van der Waals surface area (Å²) in [7, 11) is 1.58. The second-order valence-corrected chi connectivity index (χ2v) is 9.11. The molecule has 33 heavy (non-hydrogen) atoms. The number of hydrogen-bond acceptors (Lipinski definition) is 5. The summed E-state index contributed by atoms with van der Waals surface area (Å²) in [6, 6.07) is 22.2. The fourth-order valence-corrected chi connectivity index (χ4v) is 5.23. The molecule has 1 atom stereocenters. The van der Waals surface area contributed by atoms with Gasteiger partial charge in [-0.2, -0.15) is 0 Å². The predicted octanol–water partition coefficient (Wildman–Crippen LogP) is 5.68. The number of anilines is 3. The van der Waals surface area contributed by atoms with E-state index in [0.29, 0.717) is 27.3 Å². The number of nitrogens with zero attached hydrogens (tertiary/aromatic N) is 3. The number of benzene rings is 3. The van der Waals surface area contributed by atoms with Gasteiger partial charge in [0, 0.05) is 19.0 Å². The molecule has 1 aliphatic rings. The minimum Gasteiger partial charge on any atom is -0.497 e. The molecule has 2 heterocycles. The molecule has 0 aliphatic carbocycles. The van der Waals surface area contributed by atoms with E-state index in [1.165, 1.54) is 11.3 Å². The molecule has 2 amide bonds. The Morgan fingerprint density at radius 1 is 1.12 bits per heavy atom. The highest BCUT2D eigenvalue weighted by Crippen LogP contribution is 2.38. The number of fused-ring (bicyclic) bond motifs is 1. The first-order valence-corrected chi connectivity index (χ1v) is 11.6. The molecule has 0 N–H and O–H groups in total. The van der Waals surface area contributed by atoms with Crippen LogP contribution in [0.3, 0.4) is 0 Å². The molecule has 1 aliphatic heterocycles. The van der Waals surface area contributed by atoms with Crippen molar-refractivity contribution in [1.82, 2.24) is 4.98 Å². The second kappa shape index (κ2) is 8.84. The van der Waals surface area contributed by atoms with Crippen LogP contribution in [0, 0.1) is 5.92 Å². The maximum Gasteiger partial charge on any atom is 0.238 e. The summed E-state index contributed by atoms with van der Waals surface area (Å²) in [4.78, 5) is 34.6. The van der Waals surface area contributed by atoms with Gasteiger partial charge in [0.15, 0.2) is 5.13 Å². The minimum atomic E-state index is -0.535. The van der Waals surface area contributed by atoms with E-state index in [2.05, 4.69) is 0 Å². The van der Waals surface area contributed by atoms with E-state index in [-0.39, 0.29) is 24.8 Å². The van der Waals surface area contributed by atoms with Gasteiger partial charge in [-0.25, -0.2) is 4.98 Å². The Morgan fingerprint density at radius 3 is 2.70 bits per heavy atom. The van der Waals surface area contributed by atoms with Crippen LogP contribution in [-0.2, 0) is 9.59 Å².